The van der Waals surface area contributed by atoms with E-state index in [-0.39, 0.29) is 23.5 Å². The summed E-state index contributed by atoms with van der Waals surface area (Å²) in [6.07, 6.45) is -5.29. The molecule has 1 amide bonds. The van der Waals surface area contributed by atoms with E-state index in [0.29, 0.717) is 39.8 Å². The summed E-state index contributed by atoms with van der Waals surface area (Å²) in [5, 5.41) is 9.79. The fourth-order valence-corrected chi connectivity index (χ4v) is 5.06. The Labute approximate surface area is 250 Å². The first-order valence-corrected chi connectivity index (χ1v) is 13.7. The summed E-state index contributed by atoms with van der Waals surface area (Å²) < 4.78 is 55.2. The van der Waals surface area contributed by atoms with Gasteiger partial charge in [0, 0.05) is 6.54 Å². The Morgan fingerprint density at radius 3 is 2.39 bits per heavy atom. The number of nitriles is 1. The van der Waals surface area contributed by atoms with E-state index < -0.39 is 35.9 Å². The van der Waals surface area contributed by atoms with Gasteiger partial charge in [0.15, 0.2) is 0 Å². The quantitative estimate of drug-likeness (QED) is 0.188. The number of hydrogen-bond donors (Lipinski definition) is 0. The molecule has 222 valence electrons. The van der Waals surface area contributed by atoms with E-state index in [9.17, 15) is 32.4 Å². The van der Waals surface area contributed by atoms with Crippen LogP contribution in [0.15, 0.2) is 95.8 Å². The summed E-state index contributed by atoms with van der Waals surface area (Å²) >= 11 is 0. The molecule has 0 N–H and O–H groups in total. The first-order valence-electron chi connectivity index (χ1n) is 13.7. The summed E-state index contributed by atoms with van der Waals surface area (Å²) in [7, 11) is 0. The van der Waals surface area contributed by atoms with E-state index in [4.69, 9.17) is 4.98 Å². The van der Waals surface area contributed by atoms with E-state index in [2.05, 4.69) is 6.07 Å². The molecular formula is C34H26F4N4O2. The van der Waals surface area contributed by atoms with Gasteiger partial charge < -0.3 is 4.90 Å². The van der Waals surface area contributed by atoms with Crippen LogP contribution in [0.3, 0.4) is 0 Å². The lowest BCUT2D eigenvalue weighted by Crippen LogP contribution is -2.38. The zero-order valence-electron chi connectivity index (χ0n) is 23.8. The number of carbonyl (C=O) groups is 1. The summed E-state index contributed by atoms with van der Waals surface area (Å²) in [5.41, 5.74) is 1.19. The normalized spacial score (nSPS) is 12.1. The highest BCUT2D eigenvalue weighted by Gasteiger charge is 2.34. The van der Waals surface area contributed by atoms with Gasteiger partial charge in [-0.2, -0.15) is 18.4 Å². The van der Waals surface area contributed by atoms with Crippen LogP contribution < -0.4 is 5.56 Å². The van der Waals surface area contributed by atoms with Crippen molar-refractivity contribution in [3.8, 4) is 11.8 Å². The molecule has 10 heteroatoms. The third-order valence-electron chi connectivity index (χ3n) is 7.36. The van der Waals surface area contributed by atoms with Gasteiger partial charge in [0.2, 0.25) is 5.91 Å². The molecule has 0 aliphatic rings. The van der Waals surface area contributed by atoms with Gasteiger partial charge in [0.25, 0.3) is 5.56 Å². The van der Waals surface area contributed by atoms with Crippen LogP contribution in [0.5, 0.6) is 0 Å². The van der Waals surface area contributed by atoms with Crippen molar-refractivity contribution >= 4 is 16.8 Å². The maximum Gasteiger partial charge on any atom is 0.419 e. The fourth-order valence-electron chi connectivity index (χ4n) is 5.06. The number of aromatic nitrogens is 2. The number of aryl methyl sites for hydroxylation is 1. The first kappa shape index (κ1) is 30.2. The number of rotatable bonds is 7. The van der Waals surface area contributed by atoms with Crippen LogP contribution in [-0.4, -0.2) is 20.4 Å². The van der Waals surface area contributed by atoms with Crippen LogP contribution in [0.1, 0.15) is 46.6 Å². The number of hydrogen-bond acceptors (Lipinski definition) is 4. The molecule has 1 unspecified atom stereocenters. The van der Waals surface area contributed by atoms with Crippen LogP contribution in [0, 0.1) is 24.1 Å². The predicted molar refractivity (Wildman–Crippen MR) is 157 cm³/mol. The lowest BCUT2D eigenvalue weighted by Gasteiger charge is -2.31. The Bertz CT molecular complexity index is 1960. The second-order valence-corrected chi connectivity index (χ2v) is 10.5. The molecule has 44 heavy (non-hydrogen) atoms. The largest absolute Gasteiger partial charge is 0.419 e. The molecule has 0 saturated carbocycles. The summed E-state index contributed by atoms with van der Waals surface area (Å²) in [6, 6.07) is 24.3. The van der Waals surface area contributed by atoms with Crippen LogP contribution in [0.4, 0.5) is 17.6 Å². The van der Waals surface area contributed by atoms with E-state index in [1.807, 2.05) is 19.1 Å². The molecule has 5 aromatic rings. The molecule has 6 nitrogen and oxygen atoms in total. The number of benzene rings is 4. The van der Waals surface area contributed by atoms with Crippen molar-refractivity contribution in [2.75, 3.05) is 0 Å². The first-order chi connectivity index (χ1) is 21.0. The van der Waals surface area contributed by atoms with Gasteiger partial charge in [-0.05, 0) is 73.5 Å². The summed E-state index contributed by atoms with van der Waals surface area (Å²) in [6.45, 7) is 3.59. The smallest absolute Gasteiger partial charge is 0.328 e. The summed E-state index contributed by atoms with van der Waals surface area (Å²) in [4.78, 5) is 34.0. The van der Waals surface area contributed by atoms with Crippen LogP contribution in [0.2, 0.25) is 0 Å². The average Bonchev–Trinajstić information content (AvgIpc) is 2.99. The van der Waals surface area contributed by atoms with Gasteiger partial charge in [0.1, 0.15) is 11.6 Å². The topological polar surface area (TPSA) is 79.0 Å². The Morgan fingerprint density at radius 1 is 0.977 bits per heavy atom. The molecule has 0 fully saturated rings. The molecule has 0 radical (unpaired) electrons. The monoisotopic (exact) mass is 598 g/mol. The Hall–Kier alpha value is -5.30. The minimum absolute atomic E-state index is 0.0186. The number of amides is 1. The predicted octanol–water partition coefficient (Wildman–Crippen LogP) is 7.06. The molecule has 1 atom stereocenters. The molecular weight excluding hydrogens is 572 g/mol. The van der Waals surface area contributed by atoms with Crippen LogP contribution >= 0.6 is 0 Å². The number of carbonyl (C=O) groups excluding carboxylic acids is 1. The molecule has 1 aromatic heterocycles. The number of fused-ring (bicyclic) bond motifs is 1. The molecule has 5 rings (SSSR count). The average molecular weight is 599 g/mol. The number of halogens is 4. The molecule has 0 bridgehead atoms. The fraction of sp³-hybridized carbons (Fsp3) is 0.176. The number of nitrogens with zero attached hydrogens (tertiary/aromatic N) is 4. The van der Waals surface area contributed by atoms with Crippen LogP contribution in [0.25, 0.3) is 16.6 Å². The molecule has 4 aromatic carbocycles. The molecule has 0 aliphatic carbocycles. The third kappa shape index (κ3) is 6.22. The van der Waals surface area contributed by atoms with Crippen LogP contribution in [-0.2, 0) is 23.9 Å². The zero-order chi connectivity index (χ0) is 31.6. The standard InChI is InChI=1S/C34H26F4N4O2/c1-21-10-13-26(14-11-21)42-32(40-30-9-4-3-8-27(30)33(42)44)22(2)41(20-25-7-5-6-24(16-25)19-39)31(43)18-23-12-15-28(29(35)17-23)34(36,37)38/h3-17,22H,18,20H2,1-2H3. The lowest BCUT2D eigenvalue weighted by atomic mass is 10.0. The van der Waals surface area contributed by atoms with E-state index in [1.165, 1.54) is 9.47 Å². The van der Waals surface area contributed by atoms with Gasteiger partial charge in [-0.1, -0.05) is 48.0 Å². The lowest BCUT2D eigenvalue weighted by molar-refractivity contribution is -0.140. The maximum absolute atomic E-state index is 14.4. The Morgan fingerprint density at radius 2 is 1.70 bits per heavy atom. The van der Waals surface area contributed by atoms with E-state index in [0.717, 1.165) is 11.6 Å². The van der Waals surface area contributed by atoms with Gasteiger partial charge in [-0.25, -0.2) is 9.37 Å². The van der Waals surface area contributed by atoms with E-state index >= 15 is 0 Å². The SMILES string of the molecule is Cc1ccc(-n2c(C(C)N(Cc3cccc(C#N)c3)C(=O)Cc3ccc(C(F)(F)F)c(F)c3)nc3ccccc3c2=O)cc1. The van der Waals surface area contributed by atoms with Crippen molar-refractivity contribution < 1.29 is 22.4 Å². The zero-order valence-corrected chi connectivity index (χ0v) is 23.8. The number of para-hydroxylation sites is 1. The molecule has 1 heterocycles. The van der Waals surface area contributed by atoms with Crippen molar-refractivity contribution in [3.05, 3.63) is 141 Å². The second-order valence-electron chi connectivity index (χ2n) is 10.5. The van der Waals surface area contributed by atoms with Crippen molar-refractivity contribution in [2.45, 2.75) is 39.0 Å². The van der Waals surface area contributed by atoms with E-state index in [1.54, 1.807) is 67.6 Å². The van der Waals surface area contributed by atoms with Gasteiger partial charge >= 0.3 is 6.18 Å². The number of alkyl halides is 3. The minimum atomic E-state index is -4.87. The second kappa shape index (κ2) is 12.1. The van der Waals surface area contributed by atoms with Crippen molar-refractivity contribution in [1.82, 2.24) is 14.5 Å². The van der Waals surface area contributed by atoms with Gasteiger partial charge in [0.05, 0.1) is 46.2 Å². The van der Waals surface area contributed by atoms with Crippen molar-refractivity contribution in [2.24, 2.45) is 0 Å². The van der Waals surface area contributed by atoms with Gasteiger partial charge in [-0.15, -0.1) is 0 Å². The Kier molecular flexibility index (Phi) is 8.32. The molecule has 0 aliphatic heterocycles. The maximum atomic E-state index is 14.4. The van der Waals surface area contributed by atoms with Gasteiger partial charge in [-0.3, -0.25) is 14.2 Å². The molecule has 0 spiro atoms. The summed E-state index contributed by atoms with van der Waals surface area (Å²) in [5.74, 6) is -1.77. The highest BCUT2D eigenvalue weighted by molar-refractivity contribution is 5.80. The third-order valence-corrected chi connectivity index (χ3v) is 7.36. The Balaban J connectivity index is 1.63. The minimum Gasteiger partial charge on any atom is -0.328 e. The molecule has 0 saturated heterocycles. The van der Waals surface area contributed by atoms with Crippen molar-refractivity contribution in [1.29, 1.82) is 5.26 Å². The highest BCUT2D eigenvalue weighted by Crippen LogP contribution is 2.32. The highest BCUT2D eigenvalue weighted by atomic mass is 19.4. The van der Waals surface area contributed by atoms with Crippen molar-refractivity contribution in [3.63, 3.8) is 0 Å².